The van der Waals surface area contributed by atoms with E-state index in [2.05, 4.69) is 15.9 Å². The second kappa shape index (κ2) is 6.35. The standard InChI is InChI=1S/C14H10BrClF2O/c15-12-3-2-11(6-10(12)7-16)19-8-9-1-4-13(17)14(18)5-9/h1-6H,7-8H2. The number of halogens is 4. The van der Waals surface area contributed by atoms with Crippen molar-refractivity contribution in [1.82, 2.24) is 0 Å². The Kier molecular flexibility index (Phi) is 4.77. The molecule has 0 fully saturated rings. The predicted molar refractivity (Wildman–Crippen MR) is 74.4 cm³/mol. The molecule has 100 valence electrons. The lowest BCUT2D eigenvalue weighted by atomic mass is 10.2. The molecule has 0 aromatic heterocycles. The summed E-state index contributed by atoms with van der Waals surface area (Å²) in [5.41, 5.74) is 1.47. The Balaban J connectivity index is 2.07. The number of benzene rings is 2. The molecule has 2 aromatic carbocycles. The van der Waals surface area contributed by atoms with Crippen molar-refractivity contribution in [2.75, 3.05) is 0 Å². The molecule has 2 rings (SSSR count). The van der Waals surface area contributed by atoms with E-state index < -0.39 is 11.6 Å². The van der Waals surface area contributed by atoms with Crippen molar-refractivity contribution in [3.8, 4) is 5.75 Å². The molecular weight excluding hydrogens is 338 g/mol. The number of alkyl halides is 1. The first-order chi connectivity index (χ1) is 9.10. The van der Waals surface area contributed by atoms with Gasteiger partial charge in [0.15, 0.2) is 11.6 Å². The molecule has 0 saturated heterocycles. The predicted octanol–water partition coefficient (Wildman–Crippen LogP) is 5.05. The molecule has 1 nitrogen and oxygen atoms in total. The molecule has 0 aliphatic heterocycles. The van der Waals surface area contributed by atoms with Crippen LogP contribution < -0.4 is 4.74 Å². The third kappa shape index (κ3) is 3.67. The summed E-state index contributed by atoms with van der Waals surface area (Å²) in [7, 11) is 0. The summed E-state index contributed by atoms with van der Waals surface area (Å²) < 4.78 is 32.2. The van der Waals surface area contributed by atoms with Crippen molar-refractivity contribution in [3.05, 3.63) is 63.6 Å². The fourth-order valence-electron chi connectivity index (χ4n) is 1.54. The monoisotopic (exact) mass is 346 g/mol. The molecule has 0 radical (unpaired) electrons. The first-order valence-corrected chi connectivity index (χ1v) is 6.84. The molecule has 0 heterocycles. The number of hydrogen-bond donors (Lipinski definition) is 0. The summed E-state index contributed by atoms with van der Waals surface area (Å²) in [6, 6.07) is 9.10. The van der Waals surface area contributed by atoms with Gasteiger partial charge >= 0.3 is 0 Å². The van der Waals surface area contributed by atoms with E-state index in [9.17, 15) is 8.78 Å². The second-order valence-electron chi connectivity index (χ2n) is 3.92. The van der Waals surface area contributed by atoms with E-state index in [-0.39, 0.29) is 6.61 Å². The Labute approximate surface area is 123 Å². The quantitative estimate of drug-likeness (QED) is 0.704. The van der Waals surface area contributed by atoms with Gasteiger partial charge in [0.05, 0.1) is 0 Å². The van der Waals surface area contributed by atoms with Crippen LogP contribution in [-0.2, 0) is 12.5 Å². The number of ether oxygens (including phenoxy) is 1. The summed E-state index contributed by atoms with van der Waals surface area (Å²) in [5.74, 6) is -0.748. The fraction of sp³-hybridized carbons (Fsp3) is 0.143. The van der Waals surface area contributed by atoms with Crippen LogP contribution in [0.25, 0.3) is 0 Å². The van der Waals surface area contributed by atoms with Gasteiger partial charge in [-0.2, -0.15) is 0 Å². The molecule has 0 aliphatic carbocycles. The van der Waals surface area contributed by atoms with E-state index in [1.165, 1.54) is 6.07 Å². The molecule has 0 bridgehead atoms. The van der Waals surface area contributed by atoms with E-state index in [1.807, 2.05) is 6.07 Å². The highest BCUT2D eigenvalue weighted by atomic mass is 79.9. The van der Waals surface area contributed by atoms with Gasteiger partial charge in [0, 0.05) is 10.4 Å². The van der Waals surface area contributed by atoms with Crippen molar-refractivity contribution < 1.29 is 13.5 Å². The number of rotatable bonds is 4. The van der Waals surface area contributed by atoms with Gasteiger partial charge in [0.2, 0.25) is 0 Å². The first-order valence-electron chi connectivity index (χ1n) is 5.51. The van der Waals surface area contributed by atoms with E-state index in [0.29, 0.717) is 17.2 Å². The Hall–Kier alpha value is -1.13. The van der Waals surface area contributed by atoms with Crippen LogP contribution in [0, 0.1) is 11.6 Å². The van der Waals surface area contributed by atoms with Gasteiger partial charge < -0.3 is 4.74 Å². The van der Waals surface area contributed by atoms with Gasteiger partial charge in [-0.3, -0.25) is 0 Å². The van der Waals surface area contributed by atoms with Gasteiger partial charge in [0.1, 0.15) is 12.4 Å². The fourth-order valence-corrected chi connectivity index (χ4v) is 2.31. The molecule has 0 N–H and O–H groups in total. The molecule has 0 unspecified atom stereocenters. The lowest BCUT2D eigenvalue weighted by Gasteiger charge is -2.09. The van der Waals surface area contributed by atoms with Gasteiger partial charge in [-0.15, -0.1) is 11.6 Å². The Morgan fingerprint density at radius 2 is 1.84 bits per heavy atom. The minimum atomic E-state index is -0.877. The highest BCUT2D eigenvalue weighted by Gasteiger charge is 2.05. The van der Waals surface area contributed by atoms with Crippen molar-refractivity contribution >= 4 is 27.5 Å². The maximum absolute atomic E-state index is 13.0. The molecule has 19 heavy (non-hydrogen) atoms. The topological polar surface area (TPSA) is 9.23 Å². The lowest BCUT2D eigenvalue weighted by molar-refractivity contribution is 0.305. The van der Waals surface area contributed by atoms with E-state index in [1.54, 1.807) is 12.1 Å². The lowest BCUT2D eigenvalue weighted by Crippen LogP contribution is -1.97. The third-order valence-electron chi connectivity index (χ3n) is 2.55. The Bertz CT molecular complexity index is 590. The maximum atomic E-state index is 13.0. The zero-order valence-electron chi connectivity index (χ0n) is 9.80. The minimum Gasteiger partial charge on any atom is -0.489 e. The van der Waals surface area contributed by atoms with E-state index in [0.717, 1.165) is 22.2 Å². The molecule has 0 spiro atoms. The third-order valence-corrected chi connectivity index (χ3v) is 3.61. The summed E-state index contributed by atoms with van der Waals surface area (Å²) in [6.45, 7) is 0.167. The zero-order valence-corrected chi connectivity index (χ0v) is 12.1. The molecule has 0 atom stereocenters. The Morgan fingerprint density at radius 1 is 1.05 bits per heavy atom. The number of hydrogen-bond acceptors (Lipinski definition) is 1. The van der Waals surface area contributed by atoms with Crippen LogP contribution in [0.2, 0.25) is 0 Å². The van der Waals surface area contributed by atoms with Crippen molar-refractivity contribution in [2.24, 2.45) is 0 Å². The Morgan fingerprint density at radius 3 is 2.53 bits per heavy atom. The maximum Gasteiger partial charge on any atom is 0.159 e. The molecule has 2 aromatic rings. The van der Waals surface area contributed by atoms with Crippen LogP contribution >= 0.6 is 27.5 Å². The van der Waals surface area contributed by atoms with Crippen LogP contribution in [-0.4, -0.2) is 0 Å². The first kappa shape index (κ1) is 14.3. The molecule has 0 aliphatic rings. The summed E-state index contributed by atoms with van der Waals surface area (Å²) in [5, 5.41) is 0. The SMILES string of the molecule is Fc1ccc(COc2ccc(Br)c(CCl)c2)cc1F. The van der Waals surface area contributed by atoms with Crippen molar-refractivity contribution in [3.63, 3.8) is 0 Å². The largest absolute Gasteiger partial charge is 0.489 e. The van der Waals surface area contributed by atoms with Crippen LogP contribution in [0.4, 0.5) is 8.78 Å². The smallest absolute Gasteiger partial charge is 0.159 e. The molecule has 5 heteroatoms. The molecule has 0 saturated carbocycles. The van der Waals surface area contributed by atoms with Crippen LogP contribution in [0.5, 0.6) is 5.75 Å². The van der Waals surface area contributed by atoms with E-state index in [4.69, 9.17) is 16.3 Å². The zero-order chi connectivity index (χ0) is 13.8. The second-order valence-corrected chi connectivity index (χ2v) is 5.05. The summed E-state index contributed by atoms with van der Waals surface area (Å²) in [6.07, 6.45) is 0. The van der Waals surface area contributed by atoms with Gasteiger partial charge in [0.25, 0.3) is 0 Å². The average molecular weight is 348 g/mol. The average Bonchev–Trinajstić information content (AvgIpc) is 2.41. The van der Waals surface area contributed by atoms with Gasteiger partial charge in [-0.25, -0.2) is 8.78 Å². The van der Waals surface area contributed by atoms with E-state index >= 15 is 0 Å². The van der Waals surface area contributed by atoms with Crippen LogP contribution in [0.1, 0.15) is 11.1 Å². The van der Waals surface area contributed by atoms with Crippen LogP contribution in [0.15, 0.2) is 40.9 Å². The summed E-state index contributed by atoms with van der Waals surface area (Å²) in [4.78, 5) is 0. The van der Waals surface area contributed by atoms with Crippen molar-refractivity contribution in [2.45, 2.75) is 12.5 Å². The minimum absolute atomic E-state index is 0.167. The van der Waals surface area contributed by atoms with Gasteiger partial charge in [-0.1, -0.05) is 22.0 Å². The highest BCUT2D eigenvalue weighted by Crippen LogP contribution is 2.24. The molecular formula is C14H10BrClF2O. The highest BCUT2D eigenvalue weighted by molar-refractivity contribution is 9.10. The molecule has 0 amide bonds. The summed E-state index contributed by atoms with van der Waals surface area (Å²) >= 11 is 9.16. The van der Waals surface area contributed by atoms with Crippen LogP contribution in [0.3, 0.4) is 0 Å². The van der Waals surface area contributed by atoms with Gasteiger partial charge in [-0.05, 0) is 41.5 Å². The van der Waals surface area contributed by atoms with Crippen molar-refractivity contribution in [1.29, 1.82) is 0 Å². The normalized spacial score (nSPS) is 10.5.